The standard InChI is InChI=1S/C22H22N2O3S/c25-20(23-22(21(26)27)10-12-28-13-11-22)18-15-24(14-16-6-2-1-3-7-16)19-9-5-4-8-17(18)19/h1-9,15H,10-14H2,(H,23,25)(H,26,27). The Balaban J connectivity index is 1.68. The third kappa shape index (κ3) is 3.52. The predicted molar refractivity (Wildman–Crippen MR) is 112 cm³/mol. The summed E-state index contributed by atoms with van der Waals surface area (Å²) in [7, 11) is 0. The number of benzene rings is 2. The zero-order chi connectivity index (χ0) is 19.6. The Morgan fingerprint density at radius 3 is 2.43 bits per heavy atom. The average Bonchev–Trinajstić information content (AvgIpc) is 3.08. The second-order valence-corrected chi connectivity index (χ2v) is 8.35. The summed E-state index contributed by atoms with van der Waals surface area (Å²) in [5.74, 6) is 0.205. The largest absolute Gasteiger partial charge is 0.480 e. The summed E-state index contributed by atoms with van der Waals surface area (Å²) in [6.07, 6.45) is 2.73. The van der Waals surface area contributed by atoms with Gasteiger partial charge in [-0.15, -0.1) is 0 Å². The molecule has 0 spiro atoms. The number of nitrogens with one attached hydrogen (secondary N) is 1. The molecule has 5 nitrogen and oxygen atoms in total. The molecule has 3 aromatic rings. The quantitative estimate of drug-likeness (QED) is 0.691. The minimum absolute atomic E-state index is 0.322. The highest BCUT2D eigenvalue weighted by Crippen LogP contribution is 2.29. The van der Waals surface area contributed by atoms with Gasteiger partial charge in [0, 0.05) is 23.6 Å². The molecule has 0 atom stereocenters. The number of fused-ring (bicyclic) bond motifs is 1. The van der Waals surface area contributed by atoms with Crippen LogP contribution in [-0.4, -0.2) is 38.6 Å². The lowest BCUT2D eigenvalue weighted by molar-refractivity contribution is -0.144. The Labute approximate surface area is 167 Å². The number of rotatable bonds is 5. The van der Waals surface area contributed by atoms with E-state index in [1.807, 2.05) is 65.4 Å². The van der Waals surface area contributed by atoms with Gasteiger partial charge in [-0.3, -0.25) is 4.79 Å². The van der Waals surface area contributed by atoms with E-state index in [1.54, 1.807) is 11.8 Å². The molecule has 0 saturated carbocycles. The molecule has 144 valence electrons. The van der Waals surface area contributed by atoms with Crippen molar-refractivity contribution in [3.63, 3.8) is 0 Å². The molecule has 4 rings (SSSR count). The van der Waals surface area contributed by atoms with Crippen LogP contribution >= 0.6 is 11.8 Å². The highest BCUT2D eigenvalue weighted by atomic mass is 32.2. The lowest BCUT2D eigenvalue weighted by Crippen LogP contribution is -2.56. The molecule has 2 N–H and O–H groups in total. The Kier molecular flexibility index (Phi) is 5.13. The van der Waals surface area contributed by atoms with E-state index < -0.39 is 11.5 Å². The van der Waals surface area contributed by atoms with E-state index in [0.717, 1.165) is 28.0 Å². The monoisotopic (exact) mass is 394 g/mol. The number of carbonyl (C=O) groups excluding carboxylic acids is 1. The van der Waals surface area contributed by atoms with Crippen molar-refractivity contribution in [3.05, 3.63) is 71.9 Å². The van der Waals surface area contributed by atoms with Crippen molar-refractivity contribution in [2.45, 2.75) is 24.9 Å². The molecular formula is C22H22N2O3S. The fourth-order valence-electron chi connectivity index (χ4n) is 3.74. The molecule has 1 aliphatic rings. The van der Waals surface area contributed by atoms with Crippen LogP contribution in [-0.2, 0) is 11.3 Å². The number of hydrogen-bond acceptors (Lipinski definition) is 3. The molecule has 0 unspecified atom stereocenters. The molecular weight excluding hydrogens is 372 g/mol. The van der Waals surface area contributed by atoms with E-state index in [-0.39, 0.29) is 5.91 Å². The van der Waals surface area contributed by atoms with Crippen LogP contribution in [0.25, 0.3) is 10.9 Å². The number of para-hydroxylation sites is 1. The van der Waals surface area contributed by atoms with E-state index in [0.29, 0.717) is 24.9 Å². The summed E-state index contributed by atoms with van der Waals surface area (Å²) >= 11 is 1.73. The first-order chi connectivity index (χ1) is 13.6. The lowest BCUT2D eigenvalue weighted by atomic mass is 9.92. The van der Waals surface area contributed by atoms with E-state index in [1.165, 1.54) is 0 Å². The molecule has 6 heteroatoms. The zero-order valence-corrected chi connectivity index (χ0v) is 16.2. The van der Waals surface area contributed by atoms with Gasteiger partial charge in [-0.25, -0.2) is 4.79 Å². The molecule has 2 aromatic carbocycles. The first kappa shape index (κ1) is 18.6. The molecule has 1 saturated heterocycles. The number of aliphatic carboxylic acids is 1. The van der Waals surface area contributed by atoms with E-state index >= 15 is 0 Å². The van der Waals surface area contributed by atoms with Gasteiger partial charge in [-0.2, -0.15) is 11.8 Å². The maximum absolute atomic E-state index is 13.1. The minimum atomic E-state index is -1.18. The van der Waals surface area contributed by atoms with Crippen molar-refractivity contribution in [1.29, 1.82) is 0 Å². The number of carboxylic acids is 1. The summed E-state index contributed by atoms with van der Waals surface area (Å²) in [6.45, 7) is 0.648. The van der Waals surface area contributed by atoms with Crippen LogP contribution in [0.15, 0.2) is 60.8 Å². The Morgan fingerprint density at radius 1 is 1.04 bits per heavy atom. The third-order valence-corrected chi connectivity index (χ3v) is 6.32. The molecule has 28 heavy (non-hydrogen) atoms. The van der Waals surface area contributed by atoms with Crippen LogP contribution in [0.2, 0.25) is 0 Å². The SMILES string of the molecule is O=C(NC1(C(=O)O)CCSCC1)c1cn(Cc2ccccc2)c2ccccc12. The van der Waals surface area contributed by atoms with Gasteiger partial charge in [-0.1, -0.05) is 48.5 Å². The van der Waals surface area contributed by atoms with Crippen LogP contribution in [0, 0.1) is 0 Å². The van der Waals surface area contributed by atoms with Gasteiger partial charge in [0.15, 0.2) is 0 Å². The first-order valence-corrected chi connectivity index (χ1v) is 10.5. The molecule has 0 aliphatic carbocycles. The Hall–Kier alpha value is -2.73. The van der Waals surface area contributed by atoms with Crippen molar-refractivity contribution in [2.24, 2.45) is 0 Å². The molecule has 2 heterocycles. The third-order valence-electron chi connectivity index (χ3n) is 5.34. The van der Waals surface area contributed by atoms with Crippen LogP contribution in [0.4, 0.5) is 0 Å². The van der Waals surface area contributed by atoms with E-state index in [9.17, 15) is 14.7 Å². The molecule has 1 fully saturated rings. The summed E-state index contributed by atoms with van der Waals surface area (Å²) < 4.78 is 2.05. The fourth-order valence-corrected chi connectivity index (χ4v) is 4.93. The summed E-state index contributed by atoms with van der Waals surface area (Å²) in [5, 5.41) is 13.5. The highest BCUT2D eigenvalue weighted by molar-refractivity contribution is 7.99. The van der Waals surface area contributed by atoms with Gasteiger partial charge in [0.1, 0.15) is 5.54 Å². The Bertz CT molecular complexity index is 1010. The normalized spacial score (nSPS) is 16.0. The van der Waals surface area contributed by atoms with Gasteiger partial charge < -0.3 is 15.0 Å². The number of hydrogen-bond donors (Lipinski definition) is 2. The topological polar surface area (TPSA) is 71.3 Å². The summed E-state index contributed by atoms with van der Waals surface area (Å²) in [5.41, 5.74) is 1.44. The number of aromatic nitrogens is 1. The fraction of sp³-hybridized carbons (Fsp3) is 0.273. The summed E-state index contributed by atoms with van der Waals surface area (Å²) in [6, 6.07) is 17.8. The van der Waals surface area contributed by atoms with Crippen molar-refractivity contribution in [3.8, 4) is 0 Å². The highest BCUT2D eigenvalue weighted by Gasteiger charge is 2.41. The van der Waals surface area contributed by atoms with Crippen molar-refractivity contribution in [1.82, 2.24) is 9.88 Å². The minimum Gasteiger partial charge on any atom is -0.480 e. The Morgan fingerprint density at radius 2 is 1.71 bits per heavy atom. The van der Waals surface area contributed by atoms with Crippen LogP contribution in [0.5, 0.6) is 0 Å². The smallest absolute Gasteiger partial charge is 0.329 e. The second kappa shape index (κ2) is 7.72. The summed E-state index contributed by atoms with van der Waals surface area (Å²) in [4.78, 5) is 25.0. The number of thioether (sulfide) groups is 1. The van der Waals surface area contributed by atoms with E-state index in [2.05, 4.69) is 5.32 Å². The van der Waals surface area contributed by atoms with Crippen molar-refractivity contribution >= 4 is 34.5 Å². The molecule has 1 amide bonds. The lowest BCUT2D eigenvalue weighted by Gasteiger charge is -2.33. The zero-order valence-electron chi connectivity index (χ0n) is 15.4. The maximum Gasteiger partial charge on any atom is 0.329 e. The maximum atomic E-state index is 13.1. The van der Waals surface area contributed by atoms with Crippen molar-refractivity contribution < 1.29 is 14.7 Å². The van der Waals surface area contributed by atoms with Gasteiger partial charge in [0.05, 0.1) is 5.56 Å². The predicted octanol–water partition coefficient (Wildman–Crippen LogP) is 3.77. The van der Waals surface area contributed by atoms with Crippen LogP contribution in [0.1, 0.15) is 28.8 Å². The van der Waals surface area contributed by atoms with Crippen molar-refractivity contribution in [2.75, 3.05) is 11.5 Å². The van der Waals surface area contributed by atoms with E-state index in [4.69, 9.17) is 0 Å². The molecule has 1 aromatic heterocycles. The number of nitrogens with zero attached hydrogens (tertiary/aromatic N) is 1. The molecule has 0 bridgehead atoms. The van der Waals surface area contributed by atoms with Gasteiger partial charge >= 0.3 is 5.97 Å². The number of carbonyl (C=O) groups is 2. The van der Waals surface area contributed by atoms with Crippen LogP contribution < -0.4 is 5.32 Å². The molecule has 1 aliphatic heterocycles. The molecule has 0 radical (unpaired) electrons. The first-order valence-electron chi connectivity index (χ1n) is 9.34. The van der Waals surface area contributed by atoms with Crippen LogP contribution in [0.3, 0.4) is 0 Å². The number of carboxylic acid groups (broad SMARTS) is 1. The van der Waals surface area contributed by atoms with Gasteiger partial charge in [0.25, 0.3) is 5.91 Å². The number of amides is 1. The second-order valence-electron chi connectivity index (χ2n) is 7.13. The van der Waals surface area contributed by atoms with Gasteiger partial charge in [-0.05, 0) is 36.0 Å². The van der Waals surface area contributed by atoms with Gasteiger partial charge in [0.2, 0.25) is 0 Å². The average molecular weight is 394 g/mol.